The summed E-state index contributed by atoms with van der Waals surface area (Å²) in [5.74, 6) is -0.440. The van der Waals surface area contributed by atoms with E-state index in [2.05, 4.69) is 5.32 Å². The number of benzene rings is 3. The highest BCUT2D eigenvalue weighted by molar-refractivity contribution is 7.89. The van der Waals surface area contributed by atoms with E-state index in [9.17, 15) is 18.0 Å². The van der Waals surface area contributed by atoms with Crippen molar-refractivity contribution in [1.29, 1.82) is 0 Å². The average molecular weight is 590 g/mol. The molecule has 8 nitrogen and oxygen atoms in total. The molecular formula is C31H31N3O5S2. The number of amides is 2. The van der Waals surface area contributed by atoms with Gasteiger partial charge in [-0.1, -0.05) is 36.8 Å². The van der Waals surface area contributed by atoms with Gasteiger partial charge in [0.25, 0.3) is 5.91 Å². The second kappa shape index (κ2) is 11.4. The standard InChI is InChI=1S/C31H31N3O5S2/c1-39-19-6-17-33-26-16-15-25(23-7-4-8-24(29(23)26)31(33)36)32-30(35)27-9-2-3-18-34(27)41(37,38)22-13-11-21(12-14-22)28-10-5-20-40-28/h4-5,7-8,10-16,20,27H,2-3,6,9,17-19H2,1H3,(H,32,35). The Bertz CT molecular complexity index is 1700. The lowest BCUT2D eigenvalue weighted by molar-refractivity contribution is -0.120. The summed E-state index contributed by atoms with van der Waals surface area (Å²) in [6, 6.07) is 19.1. The van der Waals surface area contributed by atoms with Crippen LogP contribution >= 0.6 is 11.3 Å². The van der Waals surface area contributed by atoms with Crippen molar-refractivity contribution in [2.24, 2.45) is 0 Å². The molecular weight excluding hydrogens is 558 g/mol. The Morgan fingerprint density at radius 1 is 1.05 bits per heavy atom. The molecule has 212 valence electrons. The third-order valence-electron chi connectivity index (χ3n) is 7.80. The molecule has 0 saturated carbocycles. The Hall–Kier alpha value is -3.57. The topological polar surface area (TPSA) is 96.0 Å². The highest BCUT2D eigenvalue weighted by Crippen LogP contribution is 2.41. The Morgan fingerprint density at radius 2 is 1.88 bits per heavy atom. The fourth-order valence-electron chi connectivity index (χ4n) is 5.78. The van der Waals surface area contributed by atoms with Gasteiger partial charge in [0.05, 0.1) is 10.6 Å². The van der Waals surface area contributed by atoms with E-state index in [1.165, 1.54) is 4.31 Å². The first kappa shape index (κ1) is 27.6. The molecule has 3 aromatic carbocycles. The van der Waals surface area contributed by atoms with E-state index in [0.29, 0.717) is 43.7 Å². The van der Waals surface area contributed by atoms with Crippen molar-refractivity contribution in [3.63, 3.8) is 0 Å². The van der Waals surface area contributed by atoms with Gasteiger partial charge in [0, 0.05) is 53.7 Å². The molecule has 1 fully saturated rings. The van der Waals surface area contributed by atoms with E-state index < -0.39 is 16.1 Å². The number of ether oxygens (including phenoxy) is 1. The summed E-state index contributed by atoms with van der Waals surface area (Å²) in [7, 11) is -2.26. The van der Waals surface area contributed by atoms with E-state index in [1.54, 1.807) is 47.6 Å². The van der Waals surface area contributed by atoms with E-state index >= 15 is 0 Å². The Balaban J connectivity index is 1.26. The first-order chi connectivity index (χ1) is 19.9. The van der Waals surface area contributed by atoms with Gasteiger partial charge in [-0.25, -0.2) is 8.42 Å². The molecule has 10 heteroatoms. The summed E-state index contributed by atoms with van der Waals surface area (Å²) in [5.41, 5.74) is 2.92. The molecule has 2 aliphatic heterocycles. The number of hydrogen-bond donors (Lipinski definition) is 1. The van der Waals surface area contributed by atoms with E-state index in [1.807, 2.05) is 47.8 Å². The van der Waals surface area contributed by atoms with Crippen molar-refractivity contribution >= 4 is 55.3 Å². The third-order valence-corrected chi connectivity index (χ3v) is 10.6. The fourth-order valence-corrected chi connectivity index (χ4v) is 8.17. The summed E-state index contributed by atoms with van der Waals surface area (Å²) in [5, 5.41) is 6.54. The van der Waals surface area contributed by atoms with Gasteiger partial charge in [-0.15, -0.1) is 11.3 Å². The number of carbonyl (C=O) groups is 2. The third kappa shape index (κ3) is 5.05. The first-order valence-electron chi connectivity index (χ1n) is 13.7. The maximum absolute atomic E-state index is 13.7. The highest BCUT2D eigenvalue weighted by Gasteiger charge is 2.38. The first-order valence-corrected chi connectivity index (χ1v) is 16.1. The van der Waals surface area contributed by atoms with Crippen LogP contribution in [-0.2, 0) is 19.6 Å². The normalized spacial score (nSPS) is 17.3. The van der Waals surface area contributed by atoms with Crippen molar-refractivity contribution in [3.05, 3.63) is 77.7 Å². The van der Waals surface area contributed by atoms with Crippen LogP contribution in [0.15, 0.2) is 77.0 Å². The minimum atomic E-state index is -3.89. The molecule has 41 heavy (non-hydrogen) atoms. The Morgan fingerprint density at radius 3 is 2.63 bits per heavy atom. The largest absolute Gasteiger partial charge is 0.385 e. The number of rotatable bonds is 9. The Labute approximate surface area is 243 Å². The zero-order valence-electron chi connectivity index (χ0n) is 22.7. The molecule has 4 aromatic rings. The molecule has 3 heterocycles. The molecule has 1 aromatic heterocycles. The Kier molecular flexibility index (Phi) is 7.65. The molecule has 0 spiro atoms. The van der Waals surface area contributed by atoms with Crippen LogP contribution in [-0.4, -0.2) is 57.4 Å². The summed E-state index contributed by atoms with van der Waals surface area (Å²) < 4.78 is 34.0. The van der Waals surface area contributed by atoms with Crippen molar-refractivity contribution in [1.82, 2.24) is 4.31 Å². The van der Waals surface area contributed by atoms with Crippen molar-refractivity contribution < 1.29 is 22.7 Å². The fraction of sp³-hybridized carbons (Fsp3) is 0.290. The smallest absolute Gasteiger partial charge is 0.258 e. The number of anilines is 2. The number of nitrogens with one attached hydrogen (secondary N) is 1. The van der Waals surface area contributed by atoms with Crippen molar-refractivity contribution in [3.8, 4) is 10.4 Å². The van der Waals surface area contributed by atoms with Gasteiger partial charge in [0.15, 0.2) is 0 Å². The van der Waals surface area contributed by atoms with Gasteiger partial charge in [-0.05, 0) is 66.6 Å². The lowest BCUT2D eigenvalue weighted by atomic mass is 10.0. The van der Waals surface area contributed by atoms with Crippen LogP contribution < -0.4 is 10.2 Å². The lowest BCUT2D eigenvalue weighted by Gasteiger charge is -2.33. The van der Waals surface area contributed by atoms with Crippen molar-refractivity contribution in [2.75, 3.05) is 37.0 Å². The van der Waals surface area contributed by atoms with Gasteiger partial charge >= 0.3 is 0 Å². The summed E-state index contributed by atoms with van der Waals surface area (Å²) in [6.07, 6.45) is 2.60. The van der Waals surface area contributed by atoms with Crippen molar-refractivity contribution in [2.45, 2.75) is 36.6 Å². The van der Waals surface area contributed by atoms with Crippen LogP contribution in [0.3, 0.4) is 0 Å². The van der Waals surface area contributed by atoms with Gasteiger partial charge in [0.1, 0.15) is 6.04 Å². The molecule has 1 atom stereocenters. The van der Waals surface area contributed by atoms with Crippen LogP contribution in [0.2, 0.25) is 0 Å². The maximum atomic E-state index is 13.7. The number of nitrogens with zero attached hydrogens (tertiary/aromatic N) is 2. The van der Waals surface area contributed by atoms with Gasteiger partial charge in [-0.2, -0.15) is 4.31 Å². The molecule has 1 saturated heterocycles. The minimum Gasteiger partial charge on any atom is -0.385 e. The van der Waals surface area contributed by atoms with Crippen LogP contribution in [0.4, 0.5) is 11.4 Å². The molecule has 0 aliphatic carbocycles. The zero-order chi connectivity index (χ0) is 28.6. The molecule has 1 N–H and O–H groups in total. The summed E-state index contributed by atoms with van der Waals surface area (Å²) >= 11 is 1.59. The molecule has 6 rings (SSSR count). The van der Waals surface area contributed by atoms with E-state index in [4.69, 9.17) is 4.74 Å². The molecule has 0 radical (unpaired) electrons. The number of piperidine rings is 1. The van der Waals surface area contributed by atoms with Crippen LogP contribution in [0.1, 0.15) is 36.0 Å². The van der Waals surface area contributed by atoms with Crippen LogP contribution in [0, 0.1) is 0 Å². The van der Waals surface area contributed by atoms with Gasteiger partial charge in [0.2, 0.25) is 15.9 Å². The SMILES string of the molecule is COCCCN1C(=O)c2cccc3c(NC(=O)C4CCCCN4S(=O)(=O)c4ccc(-c5cccs5)cc4)ccc1c23. The predicted molar refractivity (Wildman–Crippen MR) is 162 cm³/mol. The van der Waals surface area contributed by atoms with E-state index in [0.717, 1.165) is 33.3 Å². The quantitative estimate of drug-likeness (QED) is 0.251. The number of carbonyl (C=O) groups excluding carboxylic acids is 2. The zero-order valence-corrected chi connectivity index (χ0v) is 24.3. The average Bonchev–Trinajstić information content (AvgIpc) is 3.63. The number of methoxy groups -OCH3 is 1. The maximum Gasteiger partial charge on any atom is 0.258 e. The van der Waals surface area contributed by atoms with Crippen LogP contribution in [0.25, 0.3) is 21.2 Å². The van der Waals surface area contributed by atoms with Gasteiger partial charge < -0.3 is 15.0 Å². The molecule has 0 bridgehead atoms. The monoisotopic (exact) mass is 589 g/mol. The van der Waals surface area contributed by atoms with Crippen LogP contribution in [0.5, 0.6) is 0 Å². The molecule has 2 amide bonds. The minimum absolute atomic E-state index is 0.0696. The number of sulfonamides is 1. The van der Waals surface area contributed by atoms with E-state index in [-0.39, 0.29) is 23.3 Å². The second-order valence-corrected chi connectivity index (χ2v) is 13.1. The lowest BCUT2D eigenvalue weighted by Crippen LogP contribution is -2.49. The number of hydrogen-bond acceptors (Lipinski definition) is 6. The van der Waals surface area contributed by atoms with Gasteiger partial charge in [-0.3, -0.25) is 9.59 Å². The predicted octanol–water partition coefficient (Wildman–Crippen LogP) is 5.75. The molecule has 1 unspecified atom stereocenters. The number of thiophene rings is 1. The summed E-state index contributed by atoms with van der Waals surface area (Å²) in [4.78, 5) is 29.8. The molecule has 2 aliphatic rings. The highest BCUT2D eigenvalue weighted by atomic mass is 32.2. The second-order valence-electron chi connectivity index (χ2n) is 10.3. The summed E-state index contributed by atoms with van der Waals surface area (Å²) in [6.45, 7) is 1.37.